The molecule has 0 aromatic heterocycles. The summed E-state index contributed by atoms with van der Waals surface area (Å²) in [4.78, 5) is 12.4. The van der Waals surface area contributed by atoms with Gasteiger partial charge < -0.3 is 11.1 Å². The van der Waals surface area contributed by atoms with Crippen molar-refractivity contribution in [1.29, 1.82) is 0 Å². The van der Waals surface area contributed by atoms with Crippen LogP contribution >= 0.6 is 24.0 Å². The van der Waals surface area contributed by atoms with Crippen LogP contribution in [0.4, 0.5) is 0 Å². The second kappa shape index (κ2) is 5.87. The summed E-state index contributed by atoms with van der Waals surface area (Å²) in [5.74, 6) is 1.16. The minimum atomic E-state index is -0.537. The van der Waals surface area contributed by atoms with Crippen molar-refractivity contribution in [2.24, 2.45) is 5.73 Å². The SMILES string of the molecule is CCC(C)(NC(=O)C1CCCCS1)C(N)=S. The molecule has 2 unspecified atom stereocenters. The number of carbonyl (C=O) groups is 1. The third-order valence-corrected chi connectivity index (χ3v) is 4.95. The number of hydrogen-bond donors (Lipinski definition) is 2. The van der Waals surface area contributed by atoms with Crippen molar-refractivity contribution < 1.29 is 4.79 Å². The van der Waals surface area contributed by atoms with E-state index in [1.165, 1.54) is 6.42 Å². The molecule has 0 spiro atoms. The van der Waals surface area contributed by atoms with Crippen LogP contribution in [-0.4, -0.2) is 27.4 Å². The molecule has 5 heteroatoms. The van der Waals surface area contributed by atoms with Crippen LogP contribution in [-0.2, 0) is 4.79 Å². The standard InChI is InChI=1S/C11H20N2OS2/c1-3-11(2,10(12)15)13-9(14)8-6-4-5-7-16-8/h8H,3-7H2,1-2H3,(H2,12,15)(H,13,14). The average molecular weight is 260 g/mol. The molecule has 0 aromatic carbocycles. The van der Waals surface area contributed by atoms with E-state index < -0.39 is 5.54 Å². The van der Waals surface area contributed by atoms with Crippen LogP contribution in [0.5, 0.6) is 0 Å². The molecule has 0 saturated carbocycles. The number of nitrogens with two attached hydrogens (primary N) is 1. The number of thiocarbonyl (C=S) groups is 1. The minimum absolute atomic E-state index is 0.0778. The van der Waals surface area contributed by atoms with E-state index in [0.29, 0.717) is 4.99 Å². The Balaban J connectivity index is 2.57. The van der Waals surface area contributed by atoms with E-state index in [4.69, 9.17) is 18.0 Å². The van der Waals surface area contributed by atoms with Crippen LogP contribution in [0.2, 0.25) is 0 Å². The fourth-order valence-electron chi connectivity index (χ4n) is 1.62. The molecule has 1 aliphatic heterocycles. The summed E-state index contributed by atoms with van der Waals surface area (Å²) in [6.45, 7) is 3.87. The van der Waals surface area contributed by atoms with E-state index in [1.807, 2.05) is 13.8 Å². The van der Waals surface area contributed by atoms with Crippen LogP contribution < -0.4 is 11.1 Å². The van der Waals surface area contributed by atoms with Crippen molar-refractivity contribution in [2.75, 3.05) is 5.75 Å². The van der Waals surface area contributed by atoms with Gasteiger partial charge in [-0.25, -0.2) is 0 Å². The van der Waals surface area contributed by atoms with Crippen molar-refractivity contribution >= 4 is 34.9 Å². The molecular weight excluding hydrogens is 240 g/mol. The monoisotopic (exact) mass is 260 g/mol. The van der Waals surface area contributed by atoms with Gasteiger partial charge in [-0.1, -0.05) is 25.6 Å². The van der Waals surface area contributed by atoms with Crippen molar-refractivity contribution in [3.8, 4) is 0 Å². The lowest BCUT2D eigenvalue weighted by Crippen LogP contribution is -2.56. The first-order chi connectivity index (χ1) is 7.49. The zero-order valence-electron chi connectivity index (χ0n) is 9.91. The third kappa shape index (κ3) is 3.35. The lowest BCUT2D eigenvalue weighted by atomic mass is 9.98. The van der Waals surface area contributed by atoms with Crippen molar-refractivity contribution in [2.45, 2.75) is 50.3 Å². The Labute approximate surface area is 107 Å². The van der Waals surface area contributed by atoms with Crippen molar-refractivity contribution in [3.63, 3.8) is 0 Å². The van der Waals surface area contributed by atoms with Gasteiger partial charge in [0.15, 0.2) is 0 Å². The second-order valence-corrected chi connectivity index (χ2v) is 6.14. The first-order valence-electron chi connectivity index (χ1n) is 5.73. The summed E-state index contributed by atoms with van der Waals surface area (Å²) in [6.07, 6.45) is 4.05. The maximum absolute atomic E-state index is 12.0. The topological polar surface area (TPSA) is 55.1 Å². The van der Waals surface area contributed by atoms with Gasteiger partial charge in [-0.2, -0.15) is 0 Å². The Morgan fingerprint density at radius 3 is 2.75 bits per heavy atom. The van der Waals surface area contributed by atoms with Gasteiger partial charge in [0.2, 0.25) is 5.91 Å². The normalized spacial score (nSPS) is 24.5. The highest BCUT2D eigenvalue weighted by Gasteiger charge is 2.31. The van der Waals surface area contributed by atoms with Crippen LogP contribution in [0.1, 0.15) is 39.5 Å². The molecule has 1 fully saturated rings. The predicted molar refractivity (Wildman–Crippen MR) is 73.7 cm³/mol. The number of amides is 1. The Hall–Kier alpha value is -0.290. The number of rotatable bonds is 4. The van der Waals surface area contributed by atoms with Gasteiger partial charge in [-0.3, -0.25) is 4.79 Å². The van der Waals surface area contributed by atoms with Crippen LogP contribution in [0.3, 0.4) is 0 Å². The van der Waals surface area contributed by atoms with Gasteiger partial charge in [-0.15, -0.1) is 11.8 Å². The first kappa shape index (κ1) is 13.8. The van der Waals surface area contributed by atoms with Crippen LogP contribution in [0.25, 0.3) is 0 Å². The summed E-state index contributed by atoms with van der Waals surface area (Å²) in [7, 11) is 0. The molecule has 0 bridgehead atoms. The molecule has 16 heavy (non-hydrogen) atoms. The number of nitrogens with one attached hydrogen (secondary N) is 1. The van der Waals surface area contributed by atoms with E-state index >= 15 is 0 Å². The minimum Gasteiger partial charge on any atom is -0.391 e. The van der Waals surface area contributed by atoms with Gasteiger partial charge >= 0.3 is 0 Å². The van der Waals surface area contributed by atoms with Crippen LogP contribution in [0, 0.1) is 0 Å². The average Bonchev–Trinajstić information content (AvgIpc) is 2.29. The molecular formula is C11H20N2OS2. The van der Waals surface area contributed by atoms with Gasteiger partial charge in [-0.05, 0) is 31.9 Å². The second-order valence-electron chi connectivity index (χ2n) is 4.39. The molecule has 3 nitrogen and oxygen atoms in total. The number of hydrogen-bond acceptors (Lipinski definition) is 3. The Bertz CT molecular complexity index is 277. The summed E-state index contributed by atoms with van der Waals surface area (Å²) >= 11 is 6.74. The van der Waals surface area contributed by atoms with Gasteiger partial charge in [0.05, 0.1) is 15.8 Å². The predicted octanol–water partition coefficient (Wildman–Crippen LogP) is 1.84. The lowest BCUT2D eigenvalue weighted by molar-refractivity contribution is -0.121. The van der Waals surface area contributed by atoms with Gasteiger partial charge in [0.25, 0.3) is 0 Å². The molecule has 1 rings (SSSR count). The number of thioether (sulfide) groups is 1. The first-order valence-corrected chi connectivity index (χ1v) is 7.19. The van der Waals surface area contributed by atoms with E-state index in [2.05, 4.69) is 5.32 Å². The summed E-state index contributed by atoms with van der Waals surface area (Å²) in [5, 5.41) is 3.06. The summed E-state index contributed by atoms with van der Waals surface area (Å²) in [5.41, 5.74) is 5.13. The zero-order valence-corrected chi connectivity index (χ0v) is 11.5. The Kier molecular flexibility index (Phi) is 5.05. The largest absolute Gasteiger partial charge is 0.391 e. The zero-order chi connectivity index (χ0) is 12.2. The van der Waals surface area contributed by atoms with Gasteiger partial charge in [0, 0.05) is 0 Å². The smallest absolute Gasteiger partial charge is 0.233 e. The lowest BCUT2D eigenvalue weighted by Gasteiger charge is -2.31. The van der Waals surface area contributed by atoms with E-state index in [-0.39, 0.29) is 11.2 Å². The highest BCUT2D eigenvalue weighted by atomic mass is 32.2. The fraction of sp³-hybridized carbons (Fsp3) is 0.818. The highest BCUT2D eigenvalue weighted by Crippen LogP contribution is 2.26. The third-order valence-electron chi connectivity index (χ3n) is 3.12. The molecule has 1 heterocycles. The summed E-state index contributed by atoms with van der Waals surface area (Å²) < 4.78 is 0. The fourth-order valence-corrected chi connectivity index (χ4v) is 3.02. The van der Waals surface area contributed by atoms with Crippen LogP contribution in [0.15, 0.2) is 0 Å². The molecule has 92 valence electrons. The molecule has 1 saturated heterocycles. The van der Waals surface area contributed by atoms with Crippen molar-refractivity contribution in [3.05, 3.63) is 0 Å². The molecule has 1 amide bonds. The Morgan fingerprint density at radius 1 is 1.62 bits per heavy atom. The van der Waals surface area contributed by atoms with Crippen molar-refractivity contribution in [1.82, 2.24) is 5.32 Å². The molecule has 0 radical (unpaired) electrons. The van der Waals surface area contributed by atoms with E-state index in [0.717, 1.165) is 25.0 Å². The van der Waals surface area contributed by atoms with Gasteiger partial charge in [0.1, 0.15) is 0 Å². The molecule has 3 N–H and O–H groups in total. The maximum atomic E-state index is 12.0. The molecule has 0 aliphatic carbocycles. The summed E-state index contributed by atoms with van der Waals surface area (Å²) in [6, 6.07) is 0. The number of carbonyl (C=O) groups excluding carboxylic acids is 1. The van der Waals surface area contributed by atoms with E-state index in [9.17, 15) is 4.79 Å². The molecule has 0 aromatic rings. The van der Waals surface area contributed by atoms with E-state index in [1.54, 1.807) is 11.8 Å². The molecule has 2 atom stereocenters. The Morgan fingerprint density at radius 2 is 2.31 bits per heavy atom. The maximum Gasteiger partial charge on any atom is 0.233 e. The quantitative estimate of drug-likeness (QED) is 0.757. The highest BCUT2D eigenvalue weighted by molar-refractivity contribution is 8.00. The molecule has 1 aliphatic rings.